The molecule has 0 aliphatic rings. The smallest absolute Gasteiger partial charge is 0.318 e. The number of rotatable bonds is 7. The Kier molecular flexibility index (Phi) is 6.52. The highest BCUT2D eigenvalue weighted by molar-refractivity contribution is 7.32. The molecule has 0 spiro atoms. The molecule has 0 rings (SSSR count). The summed E-state index contributed by atoms with van der Waals surface area (Å²) < 4.78 is 15.3. The Hall–Kier alpha value is 0.0300. The lowest BCUT2D eigenvalue weighted by atomic mass is 10.2. The molecule has 0 bridgehead atoms. The zero-order valence-corrected chi connectivity index (χ0v) is 9.43. The van der Waals surface area contributed by atoms with Gasteiger partial charge in [-0.25, -0.2) is 0 Å². The van der Waals surface area contributed by atoms with E-state index in [0.29, 0.717) is 0 Å². The minimum atomic E-state index is -3.03. The lowest BCUT2D eigenvalue weighted by Crippen LogP contribution is -2.47. The number of hydrogen-bond donors (Lipinski definition) is 3. The number of aliphatic hydroxyl groups excluding tert-OH is 2. The first kappa shape index (κ1) is 14.0. The molecule has 14 heavy (non-hydrogen) atoms. The van der Waals surface area contributed by atoms with Gasteiger partial charge in [0.05, 0.1) is 13.2 Å². The van der Waals surface area contributed by atoms with Gasteiger partial charge in [-0.2, -0.15) is 0 Å². The van der Waals surface area contributed by atoms with E-state index in [0.717, 1.165) is 0 Å². The molecule has 3 N–H and O–H groups in total. The number of hydrogen-bond acceptors (Lipinski definition) is 5. The van der Waals surface area contributed by atoms with Gasteiger partial charge < -0.3 is 15.1 Å². The third-order valence-electron chi connectivity index (χ3n) is 1.84. The molecule has 0 saturated heterocycles. The lowest BCUT2D eigenvalue weighted by molar-refractivity contribution is -0.0687. The van der Waals surface area contributed by atoms with Crippen molar-refractivity contribution in [3.05, 3.63) is 0 Å². The third-order valence-corrected chi connectivity index (χ3v) is 2.51. The molecule has 0 aliphatic heterocycles. The predicted molar refractivity (Wildman–Crippen MR) is 52.1 cm³/mol. The van der Waals surface area contributed by atoms with Crippen LogP contribution >= 0.6 is 8.25 Å². The van der Waals surface area contributed by atoms with Gasteiger partial charge in [-0.1, -0.05) is 0 Å². The van der Waals surface area contributed by atoms with Crippen LogP contribution < -0.4 is 0 Å². The van der Waals surface area contributed by atoms with Gasteiger partial charge in [0.2, 0.25) is 0 Å². The maximum absolute atomic E-state index is 10.5. The summed E-state index contributed by atoms with van der Waals surface area (Å²) in [6.07, 6.45) is 0. The Labute approximate surface area is 84.1 Å². The molecule has 0 amide bonds. The fourth-order valence-electron chi connectivity index (χ4n) is 1.17. The summed E-state index contributed by atoms with van der Waals surface area (Å²) in [5.41, 5.74) is -0.962. The van der Waals surface area contributed by atoms with Crippen molar-refractivity contribution < 1.29 is 24.2 Å². The summed E-state index contributed by atoms with van der Waals surface area (Å²) in [4.78, 5) is 10.2. The highest BCUT2D eigenvalue weighted by Crippen LogP contribution is 2.28. The molecule has 0 fully saturated rings. The van der Waals surface area contributed by atoms with Crippen LogP contribution in [0.2, 0.25) is 0 Å². The second-order valence-electron chi connectivity index (χ2n) is 3.25. The van der Waals surface area contributed by atoms with Crippen molar-refractivity contribution in [2.45, 2.75) is 19.6 Å². The van der Waals surface area contributed by atoms with Crippen molar-refractivity contribution in [1.82, 2.24) is 4.90 Å². The maximum atomic E-state index is 10.5. The Morgan fingerprint density at radius 3 is 2.00 bits per heavy atom. The van der Waals surface area contributed by atoms with E-state index < -0.39 is 14.0 Å². The monoisotopic (exact) mass is 227 g/mol. The second-order valence-corrected chi connectivity index (χ2v) is 3.98. The van der Waals surface area contributed by atoms with E-state index in [-0.39, 0.29) is 26.3 Å². The molecule has 0 saturated carbocycles. The van der Waals surface area contributed by atoms with Crippen LogP contribution in [-0.2, 0) is 9.09 Å². The van der Waals surface area contributed by atoms with E-state index in [4.69, 9.17) is 19.6 Å². The normalized spacial score (nSPS) is 14.7. The molecular weight excluding hydrogens is 209 g/mol. The van der Waals surface area contributed by atoms with Crippen molar-refractivity contribution in [3.8, 4) is 0 Å². The maximum Gasteiger partial charge on any atom is 0.318 e. The highest BCUT2D eigenvalue weighted by atomic mass is 31.1. The number of aliphatic hydroxyl groups is 2. The molecule has 0 aromatic rings. The van der Waals surface area contributed by atoms with E-state index in [2.05, 4.69) is 0 Å². The van der Waals surface area contributed by atoms with Crippen LogP contribution in [0.3, 0.4) is 0 Å². The van der Waals surface area contributed by atoms with Crippen molar-refractivity contribution in [2.24, 2.45) is 0 Å². The average molecular weight is 227 g/mol. The molecule has 0 aromatic carbocycles. The van der Waals surface area contributed by atoms with Gasteiger partial charge in [0, 0.05) is 13.1 Å². The fourth-order valence-corrected chi connectivity index (χ4v) is 1.73. The van der Waals surface area contributed by atoms with E-state index in [1.165, 1.54) is 0 Å². The van der Waals surface area contributed by atoms with Gasteiger partial charge in [0.1, 0.15) is 5.72 Å². The largest absolute Gasteiger partial charge is 0.395 e. The first-order valence-electron chi connectivity index (χ1n) is 4.32. The van der Waals surface area contributed by atoms with Gasteiger partial charge >= 0.3 is 8.25 Å². The standard InChI is InChI=1S/C7H18NO5P/c1-7(2,13-14(11)12)8(3-5-9)4-6-10/h9-10,14H,3-6H2,1-2H3,(H,11,12). The average Bonchev–Trinajstić information content (AvgIpc) is 2.01. The van der Waals surface area contributed by atoms with Crippen LogP contribution in [-0.4, -0.2) is 52.0 Å². The van der Waals surface area contributed by atoms with Crippen LogP contribution in [0.4, 0.5) is 0 Å². The fraction of sp³-hybridized carbons (Fsp3) is 1.00. The molecule has 0 aromatic heterocycles. The molecule has 1 atom stereocenters. The van der Waals surface area contributed by atoms with Crippen molar-refractivity contribution >= 4 is 8.25 Å². The molecular formula is C7H18NO5P. The molecule has 6 nitrogen and oxygen atoms in total. The van der Waals surface area contributed by atoms with Crippen LogP contribution in [0.15, 0.2) is 0 Å². The minimum absolute atomic E-state index is 0.0981. The van der Waals surface area contributed by atoms with Gasteiger partial charge in [0.15, 0.2) is 0 Å². The summed E-state index contributed by atoms with van der Waals surface area (Å²) >= 11 is 0. The van der Waals surface area contributed by atoms with Gasteiger partial charge in [-0.15, -0.1) is 0 Å². The Morgan fingerprint density at radius 1 is 1.29 bits per heavy atom. The molecule has 0 heterocycles. The van der Waals surface area contributed by atoms with Crippen molar-refractivity contribution in [2.75, 3.05) is 26.3 Å². The topological polar surface area (TPSA) is 90.2 Å². The quantitative estimate of drug-likeness (QED) is 0.398. The first-order valence-corrected chi connectivity index (χ1v) is 5.59. The van der Waals surface area contributed by atoms with E-state index >= 15 is 0 Å². The van der Waals surface area contributed by atoms with Gasteiger partial charge in [-0.05, 0) is 13.8 Å². The highest BCUT2D eigenvalue weighted by Gasteiger charge is 2.28. The molecule has 86 valence electrons. The van der Waals surface area contributed by atoms with Crippen LogP contribution in [0.5, 0.6) is 0 Å². The van der Waals surface area contributed by atoms with Crippen LogP contribution in [0.25, 0.3) is 0 Å². The zero-order valence-electron chi connectivity index (χ0n) is 8.43. The Bertz CT molecular complexity index is 181. The minimum Gasteiger partial charge on any atom is -0.395 e. The first-order chi connectivity index (χ1) is 6.44. The Morgan fingerprint density at radius 2 is 1.71 bits per heavy atom. The number of nitrogens with zero attached hydrogens (tertiary/aromatic N) is 1. The lowest BCUT2D eigenvalue weighted by Gasteiger charge is -2.36. The van der Waals surface area contributed by atoms with E-state index in [9.17, 15) is 4.57 Å². The third kappa shape index (κ3) is 5.05. The summed E-state index contributed by atoms with van der Waals surface area (Å²) in [7, 11) is -3.03. The molecule has 0 aliphatic carbocycles. The second kappa shape index (κ2) is 6.50. The van der Waals surface area contributed by atoms with E-state index in [1.54, 1.807) is 18.7 Å². The zero-order chi connectivity index (χ0) is 11.2. The van der Waals surface area contributed by atoms with Crippen LogP contribution in [0.1, 0.15) is 13.8 Å². The van der Waals surface area contributed by atoms with E-state index in [1.807, 2.05) is 0 Å². The van der Waals surface area contributed by atoms with Crippen molar-refractivity contribution in [1.29, 1.82) is 0 Å². The summed E-state index contributed by atoms with van der Waals surface area (Å²) in [5, 5.41) is 17.5. The van der Waals surface area contributed by atoms with Gasteiger partial charge in [-0.3, -0.25) is 14.0 Å². The van der Waals surface area contributed by atoms with Gasteiger partial charge in [0.25, 0.3) is 0 Å². The molecule has 7 heteroatoms. The summed E-state index contributed by atoms with van der Waals surface area (Å²) in [6.45, 7) is 3.58. The summed E-state index contributed by atoms with van der Waals surface area (Å²) in [5.74, 6) is 0. The Balaban J connectivity index is 4.35. The van der Waals surface area contributed by atoms with Crippen LogP contribution in [0, 0.1) is 0 Å². The molecule has 0 radical (unpaired) electrons. The van der Waals surface area contributed by atoms with Crippen molar-refractivity contribution in [3.63, 3.8) is 0 Å². The summed E-state index contributed by atoms with van der Waals surface area (Å²) in [6, 6.07) is 0. The predicted octanol–water partition coefficient (Wildman–Crippen LogP) is -0.592. The molecule has 1 unspecified atom stereocenters. The SMILES string of the molecule is CC(C)(O[PH](=O)O)N(CCO)CCO.